The zero-order chi connectivity index (χ0) is 15.4. The lowest BCUT2D eigenvalue weighted by atomic mass is 10.2. The molecule has 0 unspecified atom stereocenters. The Hall–Kier alpha value is -1.90. The van der Waals surface area contributed by atoms with E-state index in [1.54, 1.807) is 30.3 Å². The molecule has 0 fully saturated rings. The Morgan fingerprint density at radius 1 is 0.800 bits per heavy atom. The molecule has 0 amide bonds. The minimum absolute atomic E-state index is 0.507. The van der Waals surface area contributed by atoms with Crippen LogP contribution in [0, 0.1) is 0 Å². The zero-order valence-electron chi connectivity index (χ0n) is 10.8. The highest BCUT2D eigenvalue weighted by molar-refractivity contribution is 6.33. The first-order valence-corrected chi connectivity index (χ1v) is 6.30. The first kappa shape index (κ1) is 18.1. The van der Waals surface area contributed by atoms with Crippen molar-refractivity contribution in [1.29, 1.82) is 0 Å². The maximum absolute atomic E-state index is 10.1. The zero-order valence-corrected chi connectivity index (χ0v) is 12.3. The second-order valence-electron chi connectivity index (χ2n) is 3.37. The number of halogens is 2. The summed E-state index contributed by atoms with van der Waals surface area (Å²) < 4.78 is 0. The summed E-state index contributed by atoms with van der Waals surface area (Å²) >= 11 is 11.3. The van der Waals surface area contributed by atoms with Crippen molar-refractivity contribution in [3.8, 4) is 0 Å². The Morgan fingerprint density at radius 2 is 1.20 bits per heavy atom. The molecule has 0 radical (unpaired) electrons. The van der Waals surface area contributed by atoms with Gasteiger partial charge >= 0.3 is 0 Å². The molecule has 0 atom stereocenters. The molecule has 2 aromatic carbocycles. The fraction of sp³-hybridized carbons (Fsp3) is 0. The fourth-order valence-corrected chi connectivity index (χ4v) is 1.60. The van der Waals surface area contributed by atoms with Crippen LogP contribution in [0.5, 0.6) is 0 Å². The summed E-state index contributed by atoms with van der Waals surface area (Å²) in [6.45, 7) is 5.61. The largest absolute Gasteiger partial charge is 0.307 e. The van der Waals surface area contributed by atoms with E-state index < -0.39 is 0 Å². The van der Waals surface area contributed by atoms with E-state index >= 15 is 0 Å². The summed E-state index contributed by atoms with van der Waals surface area (Å²) in [6.07, 6.45) is 2.48. The Kier molecular flexibility index (Phi) is 9.93. The summed E-state index contributed by atoms with van der Waals surface area (Å²) in [5, 5.41) is 1.26. The first-order valence-electron chi connectivity index (χ1n) is 5.54. The van der Waals surface area contributed by atoms with Crippen molar-refractivity contribution in [2.45, 2.75) is 0 Å². The highest BCUT2D eigenvalue weighted by atomic mass is 35.5. The molecular weight excluding hydrogens is 295 g/mol. The molecule has 0 bridgehead atoms. The molecule has 104 valence electrons. The quantitative estimate of drug-likeness (QED) is 0.735. The third kappa shape index (κ3) is 6.32. The number of rotatable bonds is 2. The molecule has 0 aliphatic heterocycles. The van der Waals surface area contributed by atoms with Gasteiger partial charge in [-0.25, -0.2) is 0 Å². The van der Waals surface area contributed by atoms with E-state index in [-0.39, 0.29) is 0 Å². The van der Waals surface area contributed by atoms with Gasteiger partial charge in [-0.05, 0) is 17.7 Å². The average Bonchev–Trinajstić information content (AvgIpc) is 2.51. The maximum atomic E-state index is 10.1. The van der Waals surface area contributed by atoms with Crippen LogP contribution in [0.25, 0.3) is 6.08 Å². The van der Waals surface area contributed by atoms with Gasteiger partial charge in [0.25, 0.3) is 0 Å². The van der Waals surface area contributed by atoms with Crippen LogP contribution in [-0.4, -0.2) is 13.1 Å². The molecule has 0 heterocycles. The van der Waals surface area contributed by atoms with Crippen molar-refractivity contribution in [2.75, 3.05) is 0 Å². The van der Waals surface area contributed by atoms with E-state index in [2.05, 4.69) is 6.58 Å². The van der Waals surface area contributed by atoms with Crippen LogP contribution in [0.4, 0.5) is 0 Å². The molecule has 0 saturated carbocycles. The van der Waals surface area contributed by atoms with Crippen LogP contribution in [0.15, 0.2) is 55.1 Å². The Bertz CT molecular complexity index is 504. The van der Waals surface area contributed by atoms with Gasteiger partial charge in [0, 0.05) is 10.6 Å². The fourth-order valence-electron chi connectivity index (χ4n) is 1.21. The van der Waals surface area contributed by atoms with Crippen LogP contribution in [0.2, 0.25) is 10.0 Å². The summed E-state index contributed by atoms with van der Waals surface area (Å²) in [7, 11) is 0. The van der Waals surface area contributed by atoms with Crippen molar-refractivity contribution < 1.29 is 9.59 Å². The van der Waals surface area contributed by atoms with E-state index in [0.717, 1.165) is 16.9 Å². The average molecular weight is 309 g/mol. The van der Waals surface area contributed by atoms with Crippen LogP contribution < -0.4 is 0 Å². The second kappa shape index (κ2) is 11.0. The number of hydrogen-bond acceptors (Lipinski definition) is 2. The molecule has 0 saturated heterocycles. The van der Waals surface area contributed by atoms with Gasteiger partial charge in [0.1, 0.15) is 6.79 Å². The molecular formula is C16H14Cl2O2. The summed E-state index contributed by atoms with van der Waals surface area (Å²) in [6, 6.07) is 14.5. The van der Waals surface area contributed by atoms with Gasteiger partial charge in [0.05, 0.1) is 5.02 Å². The molecule has 0 aromatic heterocycles. The number of carbonyl (C=O) groups is 2. The van der Waals surface area contributed by atoms with Gasteiger partial charge in [0.15, 0.2) is 6.29 Å². The van der Waals surface area contributed by atoms with Gasteiger partial charge < -0.3 is 4.79 Å². The maximum Gasteiger partial charge on any atom is 0.151 e. The van der Waals surface area contributed by atoms with E-state index in [4.69, 9.17) is 28.0 Å². The summed E-state index contributed by atoms with van der Waals surface area (Å²) in [5.41, 5.74) is 1.53. The van der Waals surface area contributed by atoms with Gasteiger partial charge in [0.2, 0.25) is 0 Å². The van der Waals surface area contributed by atoms with Crippen molar-refractivity contribution in [2.24, 2.45) is 0 Å². The lowest BCUT2D eigenvalue weighted by molar-refractivity contribution is -0.0979. The second-order valence-corrected chi connectivity index (χ2v) is 4.18. The van der Waals surface area contributed by atoms with Gasteiger partial charge in [-0.15, -0.1) is 0 Å². The minimum Gasteiger partial charge on any atom is -0.307 e. The Labute approximate surface area is 128 Å². The van der Waals surface area contributed by atoms with E-state index in [0.29, 0.717) is 10.6 Å². The van der Waals surface area contributed by atoms with Gasteiger partial charge in [-0.3, -0.25) is 4.79 Å². The van der Waals surface area contributed by atoms with Crippen molar-refractivity contribution in [3.63, 3.8) is 0 Å². The van der Waals surface area contributed by atoms with Crippen molar-refractivity contribution in [3.05, 3.63) is 76.3 Å². The summed E-state index contributed by atoms with van der Waals surface area (Å²) in [5.74, 6) is 0. The number of hydrogen-bond donors (Lipinski definition) is 0. The van der Waals surface area contributed by atoms with E-state index in [9.17, 15) is 4.79 Å². The first-order chi connectivity index (χ1) is 9.69. The molecule has 2 rings (SSSR count). The SMILES string of the molecule is C=Cc1ccccc1Cl.C=O.O=Cc1ccccc1Cl. The lowest BCUT2D eigenvalue weighted by Gasteiger charge is -1.92. The molecule has 2 aromatic rings. The van der Waals surface area contributed by atoms with Crippen molar-refractivity contribution in [1.82, 2.24) is 0 Å². The monoisotopic (exact) mass is 308 g/mol. The normalized spacial score (nSPS) is 8.30. The highest BCUT2D eigenvalue weighted by Gasteiger charge is 1.92. The molecule has 4 heteroatoms. The molecule has 20 heavy (non-hydrogen) atoms. The molecule has 0 spiro atoms. The van der Waals surface area contributed by atoms with E-state index in [1.807, 2.05) is 31.1 Å². The predicted octanol–water partition coefficient (Wildman–Crippen LogP) is 4.95. The number of carbonyl (C=O) groups excluding carboxylic acids is 2. The minimum atomic E-state index is 0.507. The van der Waals surface area contributed by atoms with Gasteiger partial charge in [-0.1, -0.05) is 72.3 Å². The highest BCUT2D eigenvalue weighted by Crippen LogP contribution is 2.14. The third-order valence-electron chi connectivity index (χ3n) is 2.16. The topological polar surface area (TPSA) is 34.1 Å². The molecule has 0 N–H and O–H groups in total. The predicted molar refractivity (Wildman–Crippen MR) is 85.5 cm³/mol. The van der Waals surface area contributed by atoms with Gasteiger partial charge in [-0.2, -0.15) is 0 Å². The Balaban J connectivity index is 0.000000321. The third-order valence-corrected chi connectivity index (χ3v) is 2.85. The molecule has 0 aliphatic carbocycles. The molecule has 0 aliphatic rings. The van der Waals surface area contributed by atoms with Crippen LogP contribution >= 0.6 is 23.2 Å². The van der Waals surface area contributed by atoms with Crippen LogP contribution in [0.3, 0.4) is 0 Å². The Morgan fingerprint density at radius 3 is 1.45 bits per heavy atom. The van der Waals surface area contributed by atoms with Crippen molar-refractivity contribution >= 4 is 42.4 Å². The van der Waals surface area contributed by atoms with Crippen LogP contribution in [0.1, 0.15) is 15.9 Å². The standard InChI is InChI=1S/C8H7Cl.C7H5ClO.CH2O/c1-2-7-5-3-4-6-8(7)9;8-7-4-2-1-3-6(7)5-9;1-2/h2-6H,1H2;1-5H;1H2. The smallest absolute Gasteiger partial charge is 0.151 e. The number of benzene rings is 2. The summed E-state index contributed by atoms with van der Waals surface area (Å²) in [4.78, 5) is 18.1. The lowest BCUT2D eigenvalue weighted by Crippen LogP contribution is -1.77. The molecule has 2 nitrogen and oxygen atoms in total. The number of aldehydes is 1. The van der Waals surface area contributed by atoms with E-state index in [1.165, 1.54) is 0 Å². The van der Waals surface area contributed by atoms with Crippen LogP contribution in [-0.2, 0) is 4.79 Å².